The van der Waals surface area contributed by atoms with E-state index in [1.54, 1.807) is 0 Å². The number of methoxy groups -OCH3 is 2. The van der Waals surface area contributed by atoms with E-state index in [-0.39, 0.29) is 55.6 Å². The van der Waals surface area contributed by atoms with Gasteiger partial charge in [-0.15, -0.1) is 0 Å². The Morgan fingerprint density at radius 2 is 1.93 bits per heavy atom. The highest BCUT2D eigenvalue weighted by Gasteiger charge is 2.33. The summed E-state index contributed by atoms with van der Waals surface area (Å²) in [5.41, 5.74) is 0.176. The predicted octanol–water partition coefficient (Wildman–Crippen LogP) is -0.591. The summed E-state index contributed by atoms with van der Waals surface area (Å²) in [5, 5.41) is 11.7. The maximum atomic E-state index is 12.3. The highest BCUT2D eigenvalue weighted by molar-refractivity contribution is 7.85. The summed E-state index contributed by atoms with van der Waals surface area (Å²) in [6, 6.07) is 4.08. The van der Waals surface area contributed by atoms with Crippen molar-refractivity contribution >= 4 is 27.7 Å². The van der Waals surface area contributed by atoms with Gasteiger partial charge >= 0.3 is 11.9 Å². The van der Waals surface area contributed by atoms with Crippen molar-refractivity contribution in [2.75, 3.05) is 45.6 Å². The SMILES string of the molecule is COC(=O)C1=C(C(=O)OC)N(c2ccc(CNCCO)c(S(=O)(=O)O)c2)COC1. The van der Waals surface area contributed by atoms with E-state index in [1.165, 1.54) is 17.0 Å². The zero-order chi connectivity index (χ0) is 21.6. The molecule has 1 aromatic carbocycles. The van der Waals surface area contributed by atoms with E-state index >= 15 is 0 Å². The molecule has 0 bridgehead atoms. The molecule has 0 aromatic heterocycles. The normalized spacial score (nSPS) is 14.7. The minimum atomic E-state index is -4.60. The van der Waals surface area contributed by atoms with Gasteiger partial charge in [-0.25, -0.2) is 9.59 Å². The molecular formula is C17H22N2O9S. The van der Waals surface area contributed by atoms with Gasteiger partial charge in [0.25, 0.3) is 10.1 Å². The van der Waals surface area contributed by atoms with Gasteiger partial charge in [0.1, 0.15) is 17.3 Å². The Kier molecular flexibility index (Phi) is 7.70. The highest BCUT2D eigenvalue weighted by Crippen LogP contribution is 2.30. The van der Waals surface area contributed by atoms with Crippen molar-refractivity contribution in [2.45, 2.75) is 11.4 Å². The average Bonchev–Trinajstić information content (AvgIpc) is 2.71. The van der Waals surface area contributed by atoms with Crippen LogP contribution in [0.2, 0.25) is 0 Å². The Morgan fingerprint density at radius 3 is 2.52 bits per heavy atom. The van der Waals surface area contributed by atoms with Gasteiger partial charge in [0.15, 0.2) is 0 Å². The average molecular weight is 430 g/mol. The first-order valence-electron chi connectivity index (χ1n) is 8.41. The second-order valence-corrected chi connectivity index (χ2v) is 7.27. The Balaban J connectivity index is 2.56. The molecule has 0 atom stereocenters. The van der Waals surface area contributed by atoms with Crippen molar-refractivity contribution in [3.63, 3.8) is 0 Å². The number of esters is 2. The van der Waals surface area contributed by atoms with Crippen LogP contribution < -0.4 is 10.2 Å². The molecule has 0 radical (unpaired) electrons. The van der Waals surface area contributed by atoms with Crippen molar-refractivity contribution in [3.8, 4) is 0 Å². The summed E-state index contributed by atoms with van der Waals surface area (Å²) in [6.07, 6.45) is 0. The third-order valence-corrected chi connectivity index (χ3v) is 5.01. The number of aliphatic hydroxyl groups is 1. The van der Waals surface area contributed by atoms with E-state index in [9.17, 15) is 22.6 Å². The van der Waals surface area contributed by atoms with Gasteiger partial charge in [-0.2, -0.15) is 8.42 Å². The number of aliphatic hydroxyl groups excluding tert-OH is 1. The lowest BCUT2D eigenvalue weighted by molar-refractivity contribution is -0.140. The molecule has 1 aliphatic heterocycles. The first kappa shape index (κ1) is 22.8. The molecule has 0 fully saturated rings. The standard InChI is InChI=1S/C17H22N2O9S/c1-26-16(21)13-9-28-10-19(15(13)17(22)27-2)12-4-3-11(8-18-5-6-20)14(7-12)29(23,24)25/h3-4,7,18,20H,5-6,8-10H2,1-2H3,(H,23,24,25). The van der Waals surface area contributed by atoms with Crippen LogP contribution in [0.15, 0.2) is 34.4 Å². The summed E-state index contributed by atoms with van der Waals surface area (Å²) >= 11 is 0. The van der Waals surface area contributed by atoms with E-state index in [0.717, 1.165) is 20.3 Å². The molecule has 0 saturated heterocycles. The zero-order valence-corrected chi connectivity index (χ0v) is 16.7. The second kappa shape index (κ2) is 9.80. The molecule has 1 heterocycles. The zero-order valence-electron chi connectivity index (χ0n) is 15.9. The van der Waals surface area contributed by atoms with Gasteiger partial charge in [0.05, 0.1) is 33.0 Å². The second-order valence-electron chi connectivity index (χ2n) is 5.88. The number of hydrogen-bond donors (Lipinski definition) is 3. The molecule has 11 nitrogen and oxygen atoms in total. The largest absolute Gasteiger partial charge is 0.466 e. The van der Waals surface area contributed by atoms with Gasteiger partial charge in [-0.05, 0) is 17.7 Å². The molecule has 0 unspecified atom stereocenters. The molecule has 3 N–H and O–H groups in total. The van der Waals surface area contributed by atoms with Crippen LogP contribution in [0.1, 0.15) is 5.56 Å². The smallest absolute Gasteiger partial charge is 0.355 e. The molecule has 0 amide bonds. The van der Waals surface area contributed by atoms with Gasteiger partial charge in [0.2, 0.25) is 0 Å². The number of hydrogen-bond acceptors (Lipinski definition) is 10. The molecule has 0 spiro atoms. The van der Waals surface area contributed by atoms with Crippen molar-refractivity contribution in [3.05, 3.63) is 35.0 Å². The quantitative estimate of drug-likeness (QED) is 0.276. The molecule has 160 valence electrons. The van der Waals surface area contributed by atoms with E-state index < -0.39 is 27.0 Å². The lowest BCUT2D eigenvalue weighted by Gasteiger charge is -2.31. The number of benzene rings is 1. The molecular weight excluding hydrogens is 408 g/mol. The van der Waals surface area contributed by atoms with Crippen LogP contribution in [-0.2, 0) is 40.5 Å². The minimum absolute atomic E-state index is 0.0690. The Morgan fingerprint density at radius 1 is 1.24 bits per heavy atom. The Labute approximate surface area is 167 Å². The predicted molar refractivity (Wildman–Crippen MR) is 99.4 cm³/mol. The fraction of sp³-hybridized carbons (Fsp3) is 0.412. The van der Waals surface area contributed by atoms with Crippen molar-refractivity contribution in [1.82, 2.24) is 5.32 Å². The third kappa shape index (κ3) is 5.31. The van der Waals surface area contributed by atoms with Crippen LogP contribution in [-0.4, -0.2) is 70.7 Å². The van der Waals surface area contributed by atoms with Crippen LogP contribution >= 0.6 is 0 Å². The number of nitrogens with zero attached hydrogens (tertiary/aromatic N) is 1. The summed E-state index contributed by atoms with van der Waals surface area (Å²) in [7, 11) is -2.32. The Hall–Kier alpha value is -2.51. The third-order valence-electron chi connectivity index (χ3n) is 4.08. The molecule has 2 rings (SSSR count). The van der Waals surface area contributed by atoms with Crippen molar-refractivity contribution in [1.29, 1.82) is 0 Å². The highest BCUT2D eigenvalue weighted by atomic mass is 32.2. The first-order valence-corrected chi connectivity index (χ1v) is 9.85. The van der Waals surface area contributed by atoms with E-state index in [0.29, 0.717) is 0 Å². The fourth-order valence-corrected chi connectivity index (χ4v) is 3.49. The van der Waals surface area contributed by atoms with Gasteiger partial charge in [-0.1, -0.05) is 6.07 Å². The van der Waals surface area contributed by atoms with Crippen LogP contribution in [0.25, 0.3) is 0 Å². The summed E-state index contributed by atoms with van der Waals surface area (Å²) in [5.74, 6) is -1.63. The van der Waals surface area contributed by atoms with Crippen LogP contribution in [0.3, 0.4) is 0 Å². The molecule has 29 heavy (non-hydrogen) atoms. The number of rotatable bonds is 8. The maximum absolute atomic E-state index is 12.3. The van der Waals surface area contributed by atoms with Crippen LogP contribution in [0, 0.1) is 0 Å². The summed E-state index contributed by atoms with van der Waals surface area (Å²) < 4.78 is 48.1. The number of carbonyl (C=O) groups excluding carboxylic acids is 2. The van der Waals surface area contributed by atoms with E-state index in [4.69, 9.17) is 14.6 Å². The first-order chi connectivity index (χ1) is 13.7. The Bertz CT molecular complexity index is 911. The maximum Gasteiger partial charge on any atom is 0.355 e. The summed E-state index contributed by atoms with van der Waals surface area (Å²) in [4.78, 5) is 25.2. The molecule has 0 saturated carbocycles. The van der Waals surface area contributed by atoms with Crippen molar-refractivity contribution < 1.29 is 41.9 Å². The molecule has 0 aliphatic carbocycles. The number of nitrogens with one attached hydrogen (secondary N) is 1. The van der Waals surface area contributed by atoms with E-state index in [1.807, 2.05) is 0 Å². The number of anilines is 1. The number of ether oxygens (including phenoxy) is 3. The monoisotopic (exact) mass is 430 g/mol. The molecule has 12 heteroatoms. The summed E-state index contributed by atoms with van der Waals surface area (Å²) in [6.45, 7) is -0.211. The van der Waals surface area contributed by atoms with Crippen LogP contribution in [0.5, 0.6) is 0 Å². The fourth-order valence-electron chi connectivity index (χ4n) is 2.75. The lowest BCUT2D eigenvalue weighted by atomic mass is 10.1. The van der Waals surface area contributed by atoms with Gasteiger partial charge in [-0.3, -0.25) is 4.55 Å². The molecule has 1 aromatic rings. The molecule has 1 aliphatic rings. The van der Waals surface area contributed by atoms with Gasteiger partial charge < -0.3 is 29.5 Å². The van der Waals surface area contributed by atoms with Gasteiger partial charge in [0, 0.05) is 18.8 Å². The van der Waals surface area contributed by atoms with Crippen molar-refractivity contribution in [2.24, 2.45) is 0 Å². The number of carbonyl (C=O) groups is 2. The van der Waals surface area contributed by atoms with E-state index in [2.05, 4.69) is 10.1 Å². The topological polar surface area (TPSA) is 152 Å². The minimum Gasteiger partial charge on any atom is -0.466 e. The lowest BCUT2D eigenvalue weighted by Crippen LogP contribution is -2.38. The van der Waals surface area contributed by atoms with Crippen LogP contribution in [0.4, 0.5) is 5.69 Å².